The Kier molecular flexibility index (Phi) is 5.11. The first-order valence-electron chi connectivity index (χ1n) is 8.45. The van der Waals surface area contributed by atoms with Crippen molar-refractivity contribution in [2.75, 3.05) is 17.6 Å². The van der Waals surface area contributed by atoms with Crippen molar-refractivity contribution in [3.8, 4) is 5.75 Å². The summed E-state index contributed by atoms with van der Waals surface area (Å²) in [6.45, 7) is -0.0659. The Morgan fingerprint density at radius 3 is 2.69 bits per heavy atom. The second-order valence-electron chi connectivity index (χ2n) is 6.23. The lowest BCUT2D eigenvalue weighted by atomic mass is 10.0. The van der Waals surface area contributed by atoms with Crippen LogP contribution in [0.15, 0.2) is 35.5 Å². The summed E-state index contributed by atoms with van der Waals surface area (Å²) in [4.78, 5) is 37.8. The van der Waals surface area contributed by atoms with Crippen LogP contribution in [0.4, 0.5) is 5.69 Å². The van der Waals surface area contributed by atoms with E-state index < -0.39 is 29.2 Å². The number of benzene rings is 1. The van der Waals surface area contributed by atoms with E-state index in [4.69, 9.17) is 0 Å². The number of β-lactam (4-membered cyclic amide) rings is 1. The summed E-state index contributed by atoms with van der Waals surface area (Å²) in [5.74, 6) is -1.62. The second kappa shape index (κ2) is 7.72. The van der Waals surface area contributed by atoms with Crippen LogP contribution in [0.1, 0.15) is 5.01 Å². The van der Waals surface area contributed by atoms with E-state index in [1.807, 2.05) is 0 Å². The van der Waals surface area contributed by atoms with Gasteiger partial charge in [0.15, 0.2) is 0 Å². The topological polar surface area (TPSA) is 145 Å². The highest BCUT2D eigenvalue weighted by atomic mass is 32.2. The Morgan fingerprint density at radius 2 is 2.03 bits per heavy atom. The third-order valence-electron chi connectivity index (χ3n) is 4.43. The number of rotatable bonds is 6. The molecular formula is C17H15N5O5S2. The molecule has 2 aliphatic rings. The number of carboxylic acids is 1. The SMILES string of the molecule is O=C(CNc1ccc(O)cc1)NC1C(=O)N2C(C(=O)O)=C(c3nncs3)CS[C@H]12. The van der Waals surface area contributed by atoms with Crippen molar-refractivity contribution in [1.29, 1.82) is 0 Å². The van der Waals surface area contributed by atoms with E-state index in [1.165, 1.54) is 45.6 Å². The lowest BCUT2D eigenvalue weighted by Crippen LogP contribution is -2.70. The van der Waals surface area contributed by atoms with Gasteiger partial charge in [-0.3, -0.25) is 14.5 Å². The van der Waals surface area contributed by atoms with Crippen molar-refractivity contribution in [2.24, 2.45) is 0 Å². The van der Waals surface area contributed by atoms with E-state index in [9.17, 15) is 24.6 Å². The van der Waals surface area contributed by atoms with Crippen LogP contribution in [-0.2, 0) is 14.4 Å². The van der Waals surface area contributed by atoms with Gasteiger partial charge in [0.25, 0.3) is 5.91 Å². The average Bonchev–Trinajstić information content (AvgIpc) is 3.25. The lowest BCUT2D eigenvalue weighted by molar-refractivity contribution is -0.150. The van der Waals surface area contributed by atoms with Gasteiger partial charge in [-0.2, -0.15) is 0 Å². The van der Waals surface area contributed by atoms with Gasteiger partial charge in [0.05, 0.1) is 6.54 Å². The number of hydrogen-bond donors (Lipinski definition) is 4. The van der Waals surface area contributed by atoms with Crippen molar-refractivity contribution < 1.29 is 24.6 Å². The highest BCUT2D eigenvalue weighted by Crippen LogP contribution is 2.43. The Hall–Kier alpha value is -3.12. The van der Waals surface area contributed by atoms with Crippen LogP contribution < -0.4 is 10.6 Å². The number of anilines is 1. The number of amides is 2. The first-order chi connectivity index (χ1) is 14.0. The van der Waals surface area contributed by atoms with Crippen molar-refractivity contribution in [3.05, 3.63) is 40.5 Å². The maximum absolute atomic E-state index is 12.6. The zero-order chi connectivity index (χ0) is 20.5. The van der Waals surface area contributed by atoms with Crippen LogP contribution in [0.5, 0.6) is 5.75 Å². The van der Waals surface area contributed by atoms with Crippen LogP contribution in [0.2, 0.25) is 0 Å². The van der Waals surface area contributed by atoms with Crippen molar-refractivity contribution in [3.63, 3.8) is 0 Å². The highest BCUT2D eigenvalue weighted by Gasteiger charge is 2.54. The number of nitrogens with zero attached hydrogens (tertiary/aromatic N) is 3. The predicted molar refractivity (Wildman–Crippen MR) is 106 cm³/mol. The normalized spacial score (nSPS) is 20.7. The van der Waals surface area contributed by atoms with Crippen molar-refractivity contribution in [2.45, 2.75) is 11.4 Å². The minimum atomic E-state index is -1.22. The Labute approximate surface area is 172 Å². The monoisotopic (exact) mass is 433 g/mol. The lowest BCUT2D eigenvalue weighted by Gasteiger charge is -2.49. The number of carbonyl (C=O) groups is 3. The summed E-state index contributed by atoms with van der Waals surface area (Å²) in [6, 6.07) is 5.42. The van der Waals surface area contributed by atoms with E-state index in [2.05, 4.69) is 20.8 Å². The molecule has 29 heavy (non-hydrogen) atoms. The fraction of sp³-hybridized carbons (Fsp3) is 0.235. The van der Waals surface area contributed by atoms with Gasteiger partial charge < -0.3 is 20.8 Å². The number of aromatic nitrogens is 2. The van der Waals surface area contributed by atoms with Crippen molar-refractivity contribution in [1.82, 2.24) is 20.4 Å². The molecule has 150 valence electrons. The number of carbonyl (C=O) groups excluding carboxylic acids is 2. The predicted octanol–water partition coefficient (Wildman–Crippen LogP) is 0.551. The molecule has 0 aliphatic carbocycles. The fourth-order valence-corrected chi connectivity index (χ4v) is 5.11. The van der Waals surface area contributed by atoms with Gasteiger partial charge in [-0.25, -0.2) is 4.79 Å². The maximum atomic E-state index is 12.6. The van der Waals surface area contributed by atoms with Crippen LogP contribution in [0.25, 0.3) is 5.57 Å². The zero-order valence-corrected chi connectivity index (χ0v) is 16.4. The third kappa shape index (κ3) is 3.63. The molecule has 12 heteroatoms. The summed E-state index contributed by atoms with van der Waals surface area (Å²) in [6.07, 6.45) is 0. The van der Waals surface area contributed by atoms with Gasteiger partial charge in [0.2, 0.25) is 5.91 Å². The molecule has 2 atom stereocenters. The van der Waals surface area contributed by atoms with Gasteiger partial charge >= 0.3 is 5.97 Å². The summed E-state index contributed by atoms with van der Waals surface area (Å²) >= 11 is 2.58. The van der Waals surface area contributed by atoms with Crippen LogP contribution in [-0.4, -0.2) is 66.8 Å². The number of aromatic hydroxyl groups is 1. The molecule has 1 aromatic carbocycles. The first kappa shape index (κ1) is 19.2. The molecular weight excluding hydrogens is 418 g/mol. The standard InChI is InChI=1S/C17H15N5O5S2/c23-9-3-1-8(2-4-9)18-5-11(24)20-12-15(25)22-13(17(26)27)10(6-28-16(12)22)14-21-19-7-29-14/h1-4,7,12,16,18,23H,5-6H2,(H,20,24)(H,26,27)/t12?,16-/m1/s1. The van der Waals surface area contributed by atoms with Crippen LogP contribution in [0, 0.1) is 0 Å². The molecule has 2 aliphatic heterocycles. The molecule has 1 fully saturated rings. The Morgan fingerprint density at radius 1 is 1.28 bits per heavy atom. The van der Waals surface area contributed by atoms with E-state index in [0.29, 0.717) is 22.0 Å². The number of fused-ring (bicyclic) bond motifs is 1. The van der Waals surface area contributed by atoms with E-state index >= 15 is 0 Å². The minimum Gasteiger partial charge on any atom is -0.508 e. The molecule has 4 N–H and O–H groups in total. The van der Waals surface area contributed by atoms with E-state index in [1.54, 1.807) is 12.1 Å². The third-order valence-corrected chi connectivity index (χ3v) is 6.46. The zero-order valence-electron chi connectivity index (χ0n) is 14.7. The molecule has 0 radical (unpaired) electrons. The molecule has 2 amide bonds. The molecule has 0 saturated carbocycles. The summed E-state index contributed by atoms with van der Waals surface area (Å²) < 4.78 is 0. The quantitative estimate of drug-likeness (QED) is 0.379. The first-order valence-corrected chi connectivity index (χ1v) is 10.4. The number of hydrogen-bond acceptors (Lipinski definition) is 9. The molecule has 4 rings (SSSR count). The van der Waals surface area contributed by atoms with Crippen LogP contribution in [0.3, 0.4) is 0 Å². The summed E-state index contributed by atoms with van der Waals surface area (Å²) in [5.41, 5.74) is 2.49. The van der Waals surface area contributed by atoms with Gasteiger partial charge in [0, 0.05) is 17.0 Å². The number of phenolic OH excluding ortho intramolecular Hbond substituents is 1. The van der Waals surface area contributed by atoms with Crippen molar-refractivity contribution >= 4 is 52.1 Å². The van der Waals surface area contributed by atoms with Crippen LogP contribution >= 0.6 is 23.1 Å². The molecule has 2 aromatic rings. The summed E-state index contributed by atoms with van der Waals surface area (Å²) in [5, 5.41) is 32.1. The molecule has 10 nitrogen and oxygen atoms in total. The molecule has 3 heterocycles. The number of carboxylic acid groups (broad SMARTS) is 1. The molecule has 1 unspecified atom stereocenters. The molecule has 1 saturated heterocycles. The van der Waals surface area contributed by atoms with Gasteiger partial charge in [-0.1, -0.05) is 0 Å². The smallest absolute Gasteiger partial charge is 0.353 e. The second-order valence-corrected chi connectivity index (χ2v) is 8.17. The number of thioether (sulfide) groups is 1. The van der Waals surface area contributed by atoms with Gasteiger partial charge in [-0.15, -0.1) is 33.3 Å². The number of aliphatic carboxylic acids is 1. The summed E-state index contributed by atoms with van der Waals surface area (Å²) in [7, 11) is 0. The Bertz CT molecular complexity index is 992. The molecule has 1 aromatic heterocycles. The number of nitrogens with one attached hydrogen (secondary N) is 2. The Balaban J connectivity index is 1.42. The fourth-order valence-electron chi connectivity index (χ4n) is 3.07. The maximum Gasteiger partial charge on any atom is 0.353 e. The van der Waals surface area contributed by atoms with Gasteiger partial charge in [0.1, 0.15) is 33.4 Å². The van der Waals surface area contributed by atoms with Gasteiger partial charge in [-0.05, 0) is 24.3 Å². The minimum absolute atomic E-state index is 0.0659. The number of phenols is 1. The molecule has 0 spiro atoms. The van der Waals surface area contributed by atoms with E-state index in [-0.39, 0.29) is 18.0 Å². The molecule has 0 bridgehead atoms. The average molecular weight is 433 g/mol. The largest absolute Gasteiger partial charge is 0.508 e. The highest BCUT2D eigenvalue weighted by molar-refractivity contribution is 8.00. The van der Waals surface area contributed by atoms with E-state index in [0.717, 1.165) is 0 Å².